The number of aromatic nitrogens is 3. The predicted molar refractivity (Wildman–Crippen MR) is 204 cm³/mol. The van der Waals surface area contributed by atoms with E-state index < -0.39 is 23.3 Å². The van der Waals surface area contributed by atoms with Gasteiger partial charge in [0.15, 0.2) is 6.10 Å². The Bertz CT molecular complexity index is 1740. The average molecular weight is 699 g/mol. The maximum atomic E-state index is 12.9. The molecule has 0 amide bonds. The fraction of sp³-hybridized carbons (Fsp3) is 0.610. The molecule has 1 unspecified atom stereocenters. The Hall–Kier alpha value is -3.76. The first kappa shape index (κ1) is 37.0. The molecule has 3 aliphatic heterocycles. The van der Waals surface area contributed by atoms with Gasteiger partial charge in [-0.15, -0.1) is 0 Å². The fourth-order valence-electron chi connectivity index (χ4n) is 8.11. The fourth-order valence-corrected chi connectivity index (χ4v) is 8.11. The van der Waals surface area contributed by atoms with E-state index in [9.17, 15) is 15.0 Å². The van der Waals surface area contributed by atoms with Crippen LogP contribution >= 0.6 is 0 Å². The molecule has 5 heterocycles. The van der Waals surface area contributed by atoms with Crippen molar-refractivity contribution in [2.24, 2.45) is 11.3 Å². The van der Waals surface area contributed by atoms with Crippen LogP contribution in [0.3, 0.4) is 0 Å². The van der Waals surface area contributed by atoms with Crippen molar-refractivity contribution in [2.75, 3.05) is 47.4 Å². The van der Waals surface area contributed by atoms with Crippen LogP contribution < -0.4 is 14.7 Å². The highest BCUT2D eigenvalue weighted by atomic mass is 16.5. The van der Waals surface area contributed by atoms with Gasteiger partial charge in [-0.25, -0.2) is 9.78 Å². The van der Waals surface area contributed by atoms with E-state index in [1.54, 1.807) is 0 Å². The monoisotopic (exact) mass is 698 g/mol. The molecule has 0 radical (unpaired) electrons. The molecule has 1 aromatic carbocycles. The second-order valence-electron chi connectivity index (χ2n) is 17.3. The molecule has 2 N–H and O–H groups in total. The van der Waals surface area contributed by atoms with Gasteiger partial charge in [-0.2, -0.15) is 4.98 Å². The van der Waals surface area contributed by atoms with Gasteiger partial charge >= 0.3 is 5.97 Å². The summed E-state index contributed by atoms with van der Waals surface area (Å²) in [5.74, 6) is 0.964. The number of piperidine rings is 2. The highest BCUT2D eigenvalue weighted by Crippen LogP contribution is 2.45. The molecule has 276 valence electrons. The minimum absolute atomic E-state index is 0.234. The lowest BCUT2D eigenvalue weighted by atomic mass is 9.81. The Kier molecular flexibility index (Phi) is 10.2. The van der Waals surface area contributed by atoms with Crippen molar-refractivity contribution in [3.63, 3.8) is 0 Å². The number of hydrogen-bond donors (Lipinski definition) is 2. The molecule has 10 heteroatoms. The quantitative estimate of drug-likeness (QED) is 0.249. The number of ether oxygens (including phenoxy) is 1. The van der Waals surface area contributed by atoms with E-state index in [4.69, 9.17) is 14.7 Å². The number of benzene rings is 1. The molecule has 10 nitrogen and oxygen atoms in total. The molecule has 0 saturated carbocycles. The molecule has 2 aromatic heterocycles. The summed E-state index contributed by atoms with van der Waals surface area (Å²) in [5.41, 5.74) is 6.73. The minimum atomic E-state index is -1.14. The van der Waals surface area contributed by atoms with E-state index in [1.807, 2.05) is 60.7 Å². The minimum Gasteiger partial charge on any atom is -0.479 e. The number of aliphatic hydroxyl groups is 1. The van der Waals surface area contributed by atoms with Crippen LogP contribution in [0.1, 0.15) is 108 Å². The molecule has 3 aromatic rings. The van der Waals surface area contributed by atoms with Gasteiger partial charge in [-0.1, -0.05) is 32.0 Å². The number of nitrogens with zero attached hydrogens (tertiary/aromatic N) is 6. The number of hydrogen-bond acceptors (Lipinski definition) is 9. The second kappa shape index (κ2) is 14.0. The topological polar surface area (TPSA) is 115 Å². The zero-order chi connectivity index (χ0) is 36.9. The number of aliphatic carboxylic acids is 1. The summed E-state index contributed by atoms with van der Waals surface area (Å²) in [7, 11) is 0. The van der Waals surface area contributed by atoms with Gasteiger partial charge in [0, 0.05) is 68.0 Å². The maximum Gasteiger partial charge on any atom is 0.337 e. The van der Waals surface area contributed by atoms with E-state index in [0.717, 1.165) is 106 Å². The third kappa shape index (κ3) is 8.17. The summed E-state index contributed by atoms with van der Waals surface area (Å²) >= 11 is 0. The Balaban J connectivity index is 1.32. The second-order valence-corrected chi connectivity index (χ2v) is 17.3. The van der Waals surface area contributed by atoms with Crippen molar-refractivity contribution < 1.29 is 19.7 Å². The molecule has 0 aliphatic carbocycles. The third-order valence-corrected chi connectivity index (χ3v) is 11.2. The van der Waals surface area contributed by atoms with Crippen LogP contribution in [-0.2, 0) is 22.5 Å². The van der Waals surface area contributed by atoms with E-state index >= 15 is 0 Å². The number of pyridine rings is 1. The van der Waals surface area contributed by atoms with E-state index in [0.29, 0.717) is 11.3 Å². The van der Waals surface area contributed by atoms with Gasteiger partial charge in [-0.3, -0.25) is 4.98 Å². The van der Waals surface area contributed by atoms with Gasteiger partial charge in [0.2, 0.25) is 5.95 Å². The van der Waals surface area contributed by atoms with Crippen LogP contribution in [0.4, 0.5) is 17.5 Å². The van der Waals surface area contributed by atoms with Crippen molar-refractivity contribution in [1.29, 1.82) is 0 Å². The van der Waals surface area contributed by atoms with Gasteiger partial charge < -0.3 is 29.6 Å². The van der Waals surface area contributed by atoms with Crippen LogP contribution in [0.15, 0.2) is 30.5 Å². The number of anilines is 3. The van der Waals surface area contributed by atoms with E-state index in [-0.39, 0.29) is 11.3 Å². The summed E-state index contributed by atoms with van der Waals surface area (Å²) < 4.78 is 6.28. The van der Waals surface area contributed by atoms with Gasteiger partial charge in [0.25, 0.3) is 0 Å². The highest BCUT2D eigenvalue weighted by molar-refractivity contribution is 5.88. The van der Waals surface area contributed by atoms with Gasteiger partial charge in [-0.05, 0) is 115 Å². The zero-order valence-electron chi connectivity index (χ0n) is 32.2. The predicted octanol–water partition coefficient (Wildman–Crippen LogP) is 7.27. The zero-order valence-corrected chi connectivity index (χ0v) is 32.2. The van der Waals surface area contributed by atoms with Crippen molar-refractivity contribution in [2.45, 2.75) is 118 Å². The van der Waals surface area contributed by atoms with Crippen LogP contribution in [0.2, 0.25) is 0 Å². The first-order valence-corrected chi connectivity index (χ1v) is 18.7. The number of aryl methyl sites for hydroxylation is 2. The number of carboxylic acids is 1. The number of rotatable bonds is 8. The summed E-state index contributed by atoms with van der Waals surface area (Å²) in [6, 6.07) is 8.70. The Morgan fingerprint density at radius 3 is 2.22 bits per heavy atom. The highest BCUT2D eigenvalue weighted by Gasteiger charge is 2.37. The summed E-state index contributed by atoms with van der Waals surface area (Å²) in [6.07, 6.45) is 5.47. The third-order valence-electron chi connectivity index (χ3n) is 11.2. The average Bonchev–Trinajstić information content (AvgIpc) is 3.06. The number of carbonyl (C=O) groups is 1. The SMILES string of the molecule is Cc1nc(C)c(C(OC(C)(C)C)C(=O)O)c(N2CCC(C)(C)CC2)c1-c1ccc2c(c1)CCN(c1ccnc(N3CCC(C(C)(C)O)CC3)n1)C2. The summed E-state index contributed by atoms with van der Waals surface area (Å²) in [5, 5.41) is 21.1. The normalized spacial score (nSPS) is 19.2. The largest absolute Gasteiger partial charge is 0.479 e. The molecule has 6 rings (SSSR count). The lowest BCUT2D eigenvalue weighted by molar-refractivity contribution is -0.160. The summed E-state index contributed by atoms with van der Waals surface area (Å²) in [4.78, 5) is 34.5. The van der Waals surface area contributed by atoms with E-state index in [1.165, 1.54) is 11.1 Å². The molecule has 0 bridgehead atoms. The van der Waals surface area contributed by atoms with Crippen LogP contribution in [0.25, 0.3) is 11.1 Å². The number of carboxylic acid groups (broad SMARTS) is 1. The molecule has 1 atom stereocenters. The van der Waals surface area contributed by atoms with E-state index in [2.05, 4.69) is 51.7 Å². The first-order valence-electron chi connectivity index (χ1n) is 18.7. The Labute approximate surface area is 304 Å². The molecular formula is C41H58N6O4. The molecule has 2 fully saturated rings. The van der Waals surface area contributed by atoms with Crippen molar-refractivity contribution in [1.82, 2.24) is 15.0 Å². The van der Waals surface area contributed by atoms with Crippen molar-refractivity contribution in [3.05, 3.63) is 58.5 Å². The standard InChI is InChI=1S/C41H58N6O4/c1-26-33(35(45-22-16-40(6,7)17-23-45)34(27(2)43-26)36(37(48)49)51-39(3,4)5)29-10-11-30-25-47(19-13-28(30)24-29)32-12-18-42-38(44-32)46-20-14-31(15-21-46)41(8,9)50/h10-12,18,24,31,36,50H,13-17,19-23,25H2,1-9H3,(H,48,49). The molecule has 2 saturated heterocycles. The van der Waals surface area contributed by atoms with Crippen molar-refractivity contribution >= 4 is 23.4 Å². The summed E-state index contributed by atoms with van der Waals surface area (Å²) in [6.45, 7) is 23.1. The lowest BCUT2D eigenvalue weighted by Gasteiger charge is -2.41. The smallest absolute Gasteiger partial charge is 0.337 e. The molecule has 51 heavy (non-hydrogen) atoms. The van der Waals surface area contributed by atoms with Gasteiger partial charge in [0.05, 0.1) is 16.9 Å². The van der Waals surface area contributed by atoms with Crippen LogP contribution in [-0.4, -0.2) is 75.1 Å². The Morgan fingerprint density at radius 2 is 1.59 bits per heavy atom. The van der Waals surface area contributed by atoms with Crippen molar-refractivity contribution in [3.8, 4) is 11.1 Å². The van der Waals surface area contributed by atoms with Gasteiger partial charge in [0.1, 0.15) is 5.82 Å². The maximum absolute atomic E-state index is 12.9. The van der Waals surface area contributed by atoms with Crippen LogP contribution in [0.5, 0.6) is 0 Å². The number of fused-ring (bicyclic) bond motifs is 1. The lowest BCUT2D eigenvalue weighted by Crippen LogP contribution is -2.42. The molecule has 3 aliphatic rings. The Morgan fingerprint density at radius 1 is 0.902 bits per heavy atom. The van der Waals surface area contributed by atoms with Crippen LogP contribution in [0, 0.1) is 25.2 Å². The molecule has 0 spiro atoms. The molecular weight excluding hydrogens is 640 g/mol. The first-order chi connectivity index (χ1) is 23.9.